The van der Waals surface area contributed by atoms with Crippen molar-refractivity contribution in [3.63, 3.8) is 0 Å². The molecule has 1 aromatic carbocycles. The molecule has 1 aliphatic carbocycles. The van der Waals surface area contributed by atoms with Crippen molar-refractivity contribution in [2.75, 3.05) is 13.1 Å². The van der Waals surface area contributed by atoms with Crippen LogP contribution in [0.15, 0.2) is 30.3 Å². The number of fused-ring (bicyclic) bond motifs is 1. The zero-order chi connectivity index (χ0) is 14.1. The highest BCUT2D eigenvalue weighted by Gasteiger charge is 2.39. The molecule has 4 heteroatoms. The third-order valence-corrected chi connectivity index (χ3v) is 4.75. The molecule has 1 saturated heterocycles. The number of rotatable bonds is 2. The number of aliphatic hydroxyl groups is 1. The maximum absolute atomic E-state index is 12.4. The Morgan fingerprint density at radius 3 is 2.65 bits per heavy atom. The van der Waals surface area contributed by atoms with E-state index in [1.165, 1.54) is 0 Å². The van der Waals surface area contributed by atoms with Crippen LogP contribution in [-0.2, 0) is 4.79 Å². The summed E-state index contributed by atoms with van der Waals surface area (Å²) in [5, 5.41) is 10.2. The van der Waals surface area contributed by atoms with Gasteiger partial charge in [-0.3, -0.25) is 4.79 Å². The van der Waals surface area contributed by atoms with Gasteiger partial charge in [-0.05, 0) is 36.7 Å². The number of benzene rings is 1. The van der Waals surface area contributed by atoms with Crippen molar-refractivity contribution in [1.29, 1.82) is 0 Å². The van der Waals surface area contributed by atoms with Crippen LogP contribution in [0.3, 0.4) is 0 Å². The Hall–Kier alpha value is -1.39. The van der Waals surface area contributed by atoms with Gasteiger partial charge in [0, 0.05) is 19.1 Å². The normalized spacial score (nSPS) is 30.9. The highest BCUT2D eigenvalue weighted by atomic mass is 16.3. The third-order valence-electron chi connectivity index (χ3n) is 4.75. The van der Waals surface area contributed by atoms with Gasteiger partial charge in [-0.1, -0.05) is 30.3 Å². The van der Waals surface area contributed by atoms with E-state index in [0.29, 0.717) is 17.4 Å². The molecular formula is C16H22N2O2. The lowest BCUT2D eigenvalue weighted by atomic mass is 9.79. The molecule has 2 unspecified atom stereocenters. The summed E-state index contributed by atoms with van der Waals surface area (Å²) >= 11 is 0. The minimum Gasteiger partial charge on any atom is -0.378 e. The van der Waals surface area contributed by atoms with Gasteiger partial charge in [0.05, 0.1) is 0 Å². The molecule has 1 aromatic rings. The van der Waals surface area contributed by atoms with Crippen molar-refractivity contribution < 1.29 is 9.90 Å². The Kier molecular flexibility index (Phi) is 3.76. The number of hydrogen-bond donors (Lipinski definition) is 2. The lowest BCUT2D eigenvalue weighted by molar-refractivity contribution is -0.139. The smallest absolute Gasteiger partial charge is 0.256 e. The molecule has 3 rings (SSSR count). The first-order valence-corrected chi connectivity index (χ1v) is 7.42. The molecule has 2 aliphatic rings. The number of nitrogens with zero attached hydrogens (tertiary/aromatic N) is 1. The molecule has 4 atom stereocenters. The molecule has 20 heavy (non-hydrogen) atoms. The van der Waals surface area contributed by atoms with Crippen LogP contribution in [0.4, 0.5) is 0 Å². The number of nitrogens with two attached hydrogens (primary N) is 1. The van der Waals surface area contributed by atoms with Crippen molar-refractivity contribution in [3.05, 3.63) is 35.9 Å². The molecule has 108 valence electrons. The number of aliphatic hydroxyl groups excluding tert-OH is 1. The van der Waals surface area contributed by atoms with Crippen molar-refractivity contribution in [2.45, 2.75) is 31.4 Å². The first kappa shape index (κ1) is 13.6. The monoisotopic (exact) mass is 274 g/mol. The van der Waals surface area contributed by atoms with E-state index in [2.05, 4.69) is 0 Å². The predicted molar refractivity (Wildman–Crippen MR) is 76.8 cm³/mol. The second-order valence-corrected chi connectivity index (χ2v) is 6.15. The second kappa shape index (κ2) is 5.54. The molecule has 2 fully saturated rings. The maximum atomic E-state index is 12.4. The van der Waals surface area contributed by atoms with Crippen LogP contribution in [-0.4, -0.2) is 35.0 Å². The molecule has 1 aliphatic heterocycles. The molecule has 3 N–H and O–H groups in total. The first-order valence-electron chi connectivity index (χ1n) is 7.42. The number of carbonyl (C=O) groups is 1. The number of likely N-dealkylation sites (tertiary alicyclic amines) is 1. The second-order valence-electron chi connectivity index (χ2n) is 6.15. The van der Waals surface area contributed by atoms with Crippen LogP contribution in [0.25, 0.3) is 0 Å². The van der Waals surface area contributed by atoms with E-state index in [0.717, 1.165) is 32.4 Å². The van der Waals surface area contributed by atoms with Gasteiger partial charge in [0.25, 0.3) is 5.91 Å². The fraction of sp³-hybridized carbons (Fsp3) is 0.562. The highest BCUT2D eigenvalue weighted by Crippen LogP contribution is 2.36. The molecule has 1 heterocycles. The van der Waals surface area contributed by atoms with Gasteiger partial charge >= 0.3 is 0 Å². The summed E-state index contributed by atoms with van der Waals surface area (Å²) in [4.78, 5) is 14.2. The van der Waals surface area contributed by atoms with Gasteiger partial charge in [-0.25, -0.2) is 0 Å². The first-order chi connectivity index (χ1) is 9.65. The van der Waals surface area contributed by atoms with E-state index in [1.54, 1.807) is 12.1 Å². The minimum absolute atomic E-state index is 0.167. The van der Waals surface area contributed by atoms with E-state index in [1.807, 2.05) is 23.1 Å². The molecule has 0 radical (unpaired) electrons. The minimum atomic E-state index is -1.04. The molecule has 4 nitrogen and oxygen atoms in total. The number of amides is 1. The summed E-state index contributed by atoms with van der Waals surface area (Å²) < 4.78 is 0. The largest absolute Gasteiger partial charge is 0.378 e. The fourth-order valence-corrected chi connectivity index (χ4v) is 3.60. The SMILES string of the molecule is NC1CC[C@@H]2CN(C(=O)C(O)c3ccccc3)C[C@@H]2C1. The van der Waals surface area contributed by atoms with Gasteiger partial charge in [0.1, 0.15) is 0 Å². The quantitative estimate of drug-likeness (QED) is 0.854. The Morgan fingerprint density at radius 2 is 1.90 bits per heavy atom. The Morgan fingerprint density at radius 1 is 1.20 bits per heavy atom. The maximum Gasteiger partial charge on any atom is 0.256 e. The van der Waals surface area contributed by atoms with Crippen molar-refractivity contribution >= 4 is 5.91 Å². The molecule has 0 aromatic heterocycles. The average Bonchev–Trinajstić information content (AvgIpc) is 2.89. The van der Waals surface area contributed by atoms with Crippen LogP contribution in [0.2, 0.25) is 0 Å². The Labute approximate surface area is 119 Å². The fourth-order valence-electron chi connectivity index (χ4n) is 3.60. The topological polar surface area (TPSA) is 66.6 Å². The van der Waals surface area contributed by atoms with Gasteiger partial charge in [-0.15, -0.1) is 0 Å². The van der Waals surface area contributed by atoms with E-state index < -0.39 is 6.10 Å². The van der Waals surface area contributed by atoms with Crippen LogP contribution >= 0.6 is 0 Å². The summed E-state index contributed by atoms with van der Waals surface area (Å²) in [6.45, 7) is 1.53. The molecular weight excluding hydrogens is 252 g/mol. The predicted octanol–water partition coefficient (Wildman–Crippen LogP) is 1.31. The van der Waals surface area contributed by atoms with Crippen molar-refractivity contribution in [3.8, 4) is 0 Å². The van der Waals surface area contributed by atoms with Crippen LogP contribution < -0.4 is 5.73 Å². The highest BCUT2D eigenvalue weighted by molar-refractivity contribution is 5.82. The standard InChI is InChI=1S/C16H22N2O2/c17-14-7-6-12-9-18(10-13(12)8-14)16(20)15(19)11-4-2-1-3-5-11/h1-5,12-15,19H,6-10,17H2/t12-,13+,14?,15?/m1/s1. The van der Waals surface area contributed by atoms with Crippen LogP contribution in [0.5, 0.6) is 0 Å². The molecule has 0 bridgehead atoms. The van der Waals surface area contributed by atoms with Gasteiger partial charge < -0.3 is 15.7 Å². The van der Waals surface area contributed by atoms with Crippen LogP contribution in [0, 0.1) is 11.8 Å². The van der Waals surface area contributed by atoms with Crippen LogP contribution in [0.1, 0.15) is 30.9 Å². The van der Waals surface area contributed by atoms with Gasteiger partial charge in [-0.2, -0.15) is 0 Å². The Balaban J connectivity index is 1.67. The molecule has 1 saturated carbocycles. The molecule has 0 spiro atoms. The summed E-state index contributed by atoms with van der Waals surface area (Å²) in [6, 6.07) is 9.43. The van der Waals surface area contributed by atoms with Crippen molar-refractivity contribution in [1.82, 2.24) is 4.90 Å². The Bertz CT molecular complexity index is 477. The average molecular weight is 274 g/mol. The van der Waals surface area contributed by atoms with Gasteiger partial charge in [0.15, 0.2) is 6.10 Å². The lowest BCUT2D eigenvalue weighted by Gasteiger charge is -2.27. The summed E-state index contributed by atoms with van der Waals surface area (Å²) in [7, 11) is 0. The van der Waals surface area contributed by atoms with Gasteiger partial charge in [0.2, 0.25) is 0 Å². The number of hydrogen-bond acceptors (Lipinski definition) is 3. The summed E-state index contributed by atoms with van der Waals surface area (Å²) in [5.41, 5.74) is 6.68. The van der Waals surface area contributed by atoms with E-state index >= 15 is 0 Å². The summed E-state index contributed by atoms with van der Waals surface area (Å²) in [6.07, 6.45) is 2.14. The van der Waals surface area contributed by atoms with E-state index in [4.69, 9.17) is 5.73 Å². The van der Waals surface area contributed by atoms with E-state index in [-0.39, 0.29) is 11.9 Å². The number of carbonyl (C=O) groups excluding carboxylic acids is 1. The van der Waals surface area contributed by atoms with E-state index in [9.17, 15) is 9.90 Å². The lowest BCUT2D eigenvalue weighted by Crippen LogP contribution is -2.34. The third kappa shape index (κ3) is 2.58. The zero-order valence-corrected chi connectivity index (χ0v) is 11.6. The summed E-state index contributed by atoms with van der Waals surface area (Å²) in [5.74, 6) is 0.923. The molecule has 1 amide bonds. The zero-order valence-electron chi connectivity index (χ0n) is 11.6. The van der Waals surface area contributed by atoms with Crippen molar-refractivity contribution in [2.24, 2.45) is 17.6 Å².